The van der Waals surface area contributed by atoms with Crippen LogP contribution < -0.4 is 5.32 Å². The average Bonchev–Trinajstić information content (AvgIpc) is 3.12. The molecule has 0 saturated carbocycles. The number of carbonyl (C=O) groups is 2. The van der Waals surface area contributed by atoms with Gasteiger partial charge in [0.25, 0.3) is 5.91 Å². The number of fused-ring (bicyclic) bond motifs is 1. The molecule has 7 nitrogen and oxygen atoms in total. The van der Waals surface area contributed by atoms with Crippen molar-refractivity contribution < 1.29 is 18.8 Å². The lowest BCUT2D eigenvalue weighted by Crippen LogP contribution is -2.37. The van der Waals surface area contributed by atoms with E-state index in [0.717, 1.165) is 6.42 Å². The molecule has 1 aromatic rings. The molecule has 0 radical (unpaired) electrons. The van der Waals surface area contributed by atoms with E-state index in [4.69, 9.17) is 9.26 Å². The topological polar surface area (TPSA) is 84.7 Å². The maximum absolute atomic E-state index is 12.5. The molecule has 0 aromatic carbocycles. The molecular weight excluding hydrogens is 262 g/mol. The largest absolute Gasteiger partial charge is 0.375 e. The van der Waals surface area contributed by atoms with Gasteiger partial charge in [0.2, 0.25) is 5.91 Å². The molecule has 20 heavy (non-hydrogen) atoms. The molecule has 2 amide bonds. The van der Waals surface area contributed by atoms with Crippen LogP contribution in [0.15, 0.2) is 10.6 Å². The van der Waals surface area contributed by atoms with Gasteiger partial charge in [-0.2, -0.15) is 0 Å². The van der Waals surface area contributed by atoms with Gasteiger partial charge in [0, 0.05) is 26.3 Å². The van der Waals surface area contributed by atoms with E-state index in [2.05, 4.69) is 10.5 Å². The molecule has 3 atom stereocenters. The van der Waals surface area contributed by atoms with Crippen LogP contribution in [0.4, 0.5) is 0 Å². The molecule has 2 aliphatic rings. The first kappa shape index (κ1) is 13.1. The van der Waals surface area contributed by atoms with E-state index in [-0.39, 0.29) is 35.6 Å². The Morgan fingerprint density at radius 1 is 1.50 bits per heavy atom. The molecule has 0 spiro atoms. The van der Waals surface area contributed by atoms with Crippen LogP contribution >= 0.6 is 0 Å². The summed E-state index contributed by atoms with van der Waals surface area (Å²) < 4.78 is 10.6. The molecule has 0 bridgehead atoms. The summed E-state index contributed by atoms with van der Waals surface area (Å²) in [6, 6.07) is 1.56. The van der Waals surface area contributed by atoms with Crippen LogP contribution in [-0.2, 0) is 9.53 Å². The number of likely N-dealkylation sites (tertiary alicyclic amines) is 1. The van der Waals surface area contributed by atoms with Gasteiger partial charge in [-0.15, -0.1) is 0 Å². The maximum atomic E-state index is 12.5. The number of nitrogens with one attached hydrogen (secondary N) is 1. The highest BCUT2D eigenvalue weighted by molar-refractivity contribution is 5.93. The van der Waals surface area contributed by atoms with Crippen LogP contribution in [0, 0.1) is 12.8 Å². The monoisotopic (exact) mass is 279 g/mol. The smallest absolute Gasteiger partial charge is 0.276 e. The summed E-state index contributed by atoms with van der Waals surface area (Å²) in [7, 11) is 1.60. The Morgan fingerprint density at radius 3 is 2.95 bits per heavy atom. The van der Waals surface area contributed by atoms with E-state index in [9.17, 15) is 9.59 Å². The van der Waals surface area contributed by atoms with E-state index in [1.807, 2.05) is 0 Å². The molecule has 2 saturated heterocycles. The van der Waals surface area contributed by atoms with E-state index in [1.165, 1.54) is 0 Å². The van der Waals surface area contributed by atoms with Gasteiger partial charge in [-0.05, 0) is 13.3 Å². The van der Waals surface area contributed by atoms with Crippen molar-refractivity contribution >= 4 is 11.8 Å². The molecule has 2 aliphatic heterocycles. The van der Waals surface area contributed by atoms with Crippen molar-refractivity contribution in [1.82, 2.24) is 15.4 Å². The van der Waals surface area contributed by atoms with Crippen LogP contribution in [0.3, 0.4) is 0 Å². The minimum atomic E-state index is -0.315. The van der Waals surface area contributed by atoms with Crippen molar-refractivity contribution in [1.29, 1.82) is 0 Å². The molecule has 1 N–H and O–H groups in total. The third-order valence-corrected chi connectivity index (χ3v) is 3.98. The number of ether oxygens (including phenoxy) is 1. The SMILES string of the molecule is CNC(=O)[C@H]1CN(C(=O)c2cc(C)on2)[C@@H]2CCO[C@H]12. The lowest BCUT2D eigenvalue weighted by molar-refractivity contribution is -0.127. The van der Waals surface area contributed by atoms with E-state index < -0.39 is 0 Å². The number of hydrogen-bond donors (Lipinski definition) is 1. The minimum Gasteiger partial charge on any atom is -0.375 e. The molecule has 0 unspecified atom stereocenters. The van der Waals surface area contributed by atoms with Crippen LogP contribution in [0.1, 0.15) is 22.7 Å². The Morgan fingerprint density at radius 2 is 2.30 bits per heavy atom. The highest BCUT2D eigenvalue weighted by Gasteiger charge is 2.50. The van der Waals surface area contributed by atoms with Crippen molar-refractivity contribution in [2.45, 2.75) is 25.5 Å². The fourth-order valence-corrected chi connectivity index (χ4v) is 3.03. The van der Waals surface area contributed by atoms with E-state index in [0.29, 0.717) is 18.9 Å². The summed E-state index contributed by atoms with van der Waals surface area (Å²) >= 11 is 0. The Balaban J connectivity index is 1.83. The fourth-order valence-electron chi connectivity index (χ4n) is 3.03. The molecule has 3 heterocycles. The van der Waals surface area contributed by atoms with Gasteiger partial charge in [0.1, 0.15) is 5.76 Å². The van der Waals surface area contributed by atoms with Gasteiger partial charge in [0.15, 0.2) is 5.69 Å². The average molecular weight is 279 g/mol. The second-order valence-corrected chi connectivity index (χ2v) is 5.19. The predicted molar refractivity (Wildman–Crippen MR) is 68.0 cm³/mol. The number of aryl methyl sites for hydroxylation is 1. The molecule has 7 heteroatoms. The normalized spacial score (nSPS) is 28.5. The fraction of sp³-hybridized carbons (Fsp3) is 0.615. The minimum absolute atomic E-state index is 0.0539. The summed E-state index contributed by atoms with van der Waals surface area (Å²) in [6.45, 7) is 2.67. The number of amides is 2. The van der Waals surface area contributed by atoms with Crippen molar-refractivity contribution in [3.63, 3.8) is 0 Å². The number of carbonyl (C=O) groups excluding carboxylic acids is 2. The summed E-state index contributed by atoms with van der Waals surface area (Å²) in [5, 5.41) is 6.39. The van der Waals surface area contributed by atoms with Gasteiger partial charge in [-0.3, -0.25) is 9.59 Å². The van der Waals surface area contributed by atoms with Gasteiger partial charge in [0.05, 0.1) is 18.1 Å². The summed E-state index contributed by atoms with van der Waals surface area (Å²) in [5.74, 6) is -0.0126. The highest BCUT2D eigenvalue weighted by Crippen LogP contribution is 2.34. The van der Waals surface area contributed by atoms with Gasteiger partial charge in [-0.25, -0.2) is 0 Å². The standard InChI is InChI=1S/C13H17N3O4/c1-7-5-9(15-20-7)13(18)16-6-8(12(17)14-2)11-10(16)3-4-19-11/h5,8,10-11H,3-4,6H2,1-2H3,(H,14,17)/t8-,10+,11+/m0/s1. The number of hydrogen-bond acceptors (Lipinski definition) is 5. The summed E-state index contributed by atoms with van der Waals surface area (Å²) in [5.41, 5.74) is 0.283. The first-order chi connectivity index (χ1) is 9.61. The first-order valence-corrected chi connectivity index (χ1v) is 6.69. The number of nitrogens with zero attached hydrogens (tertiary/aromatic N) is 2. The predicted octanol–water partition coefficient (Wildman–Crippen LogP) is -0.0415. The van der Waals surface area contributed by atoms with Crippen molar-refractivity contribution in [2.24, 2.45) is 5.92 Å². The summed E-state index contributed by atoms with van der Waals surface area (Å²) in [4.78, 5) is 26.1. The third-order valence-electron chi connectivity index (χ3n) is 3.98. The van der Waals surface area contributed by atoms with Crippen LogP contribution in [0.25, 0.3) is 0 Å². The summed E-state index contributed by atoms with van der Waals surface area (Å²) in [6.07, 6.45) is 0.535. The zero-order valence-corrected chi connectivity index (χ0v) is 11.5. The molecule has 108 valence electrons. The lowest BCUT2D eigenvalue weighted by atomic mass is 10.0. The van der Waals surface area contributed by atoms with Crippen molar-refractivity contribution in [3.8, 4) is 0 Å². The van der Waals surface area contributed by atoms with Crippen LogP contribution in [0.5, 0.6) is 0 Å². The zero-order valence-electron chi connectivity index (χ0n) is 11.5. The van der Waals surface area contributed by atoms with Crippen molar-refractivity contribution in [2.75, 3.05) is 20.2 Å². The van der Waals surface area contributed by atoms with E-state index >= 15 is 0 Å². The molecule has 2 fully saturated rings. The lowest BCUT2D eigenvalue weighted by Gasteiger charge is -2.21. The molecule has 0 aliphatic carbocycles. The Bertz CT molecular complexity index is 541. The zero-order chi connectivity index (χ0) is 14.3. The molecule has 1 aromatic heterocycles. The Labute approximate surface area is 116 Å². The molecular formula is C13H17N3O4. The third kappa shape index (κ3) is 1.98. The van der Waals surface area contributed by atoms with E-state index in [1.54, 1.807) is 24.9 Å². The highest BCUT2D eigenvalue weighted by atomic mass is 16.5. The number of rotatable bonds is 2. The quantitative estimate of drug-likeness (QED) is 0.821. The van der Waals surface area contributed by atoms with Gasteiger partial charge >= 0.3 is 0 Å². The van der Waals surface area contributed by atoms with Gasteiger partial charge < -0.3 is 19.5 Å². The maximum Gasteiger partial charge on any atom is 0.276 e. The second kappa shape index (κ2) is 4.90. The second-order valence-electron chi connectivity index (χ2n) is 5.19. The van der Waals surface area contributed by atoms with Crippen molar-refractivity contribution in [3.05, 3.63) is 17.5 Å². The molecule has 3 rings (SSSR count). The Kier molecular flexibility index (Phi) is 3.21. The Hall–Kier alpha value is -1.89. The first-order valence-electron chi connectivity index (χ1n) is 6.69. The van der Waals surface area contributed by atoms with Crippen LogP contribution in [-0.4, -0.2) is 54.2 Å². The van der Waals surface area contributed by atoms with Crippen LogP contribution in [0.2, 0.25) is 0 Å². The number of aromatic nitrogens is 1. The van der Waals surface area contributed by atoms with Gasteiger partial charge in [-0.1, -0.05) is 5.16 Å².